The molecule has 1 nitrogen and oxygen atoms in total. The second-order valence-corrected chi connectivity index (χ2v) is 3.17. The van der Waals surface area contributed by atoms with Gasteiger partial charge < -0.3 is 5.11 Å². The smallest absolute Gasteiger partial charge is 0.0889 e. The van der Waals surface area contributed by atoms with Crippen molar-refractivity contribution in [2.24, 2.45) is 0 Å². The van der Waals surface area contributed by atoms with Gasteiger partial charge in [0, 0.05) is 5.33 Å². The quantitative estimate of drug-likeness (QED) is 0.751. The van der Waals surface area contributed by atoms with E-state index < -0.39 is 0 Å². The van der Waals surface area contributed by atoms with E-state index in [4.69, 9.17) is 0 Å². The summed E-state index contributed by atoms with van der Waals surface area (Å²) in [5, 5.41) is 10.1. The summed E-state index contributed by atoms with van der Waals surface area (Å²) in [5.74, 6) is 0. The standard InChI is InChI=1S/C9H11BrO/c1-7-4-2-3-5-8(7)9(11)6-10/h2-5,9,11H,6H2,1H3/t9-/m0/s1. The zero-order chi connectivity index (χ0) is 8.27. The monoisotopic (exact) mass is 214 g/mol. The van der Waals surface area contributed by atoms with Crippen LogP contribution in [-0.4, -0.2) is 10.4 Å². The van der Waals surface area contributed by atoms with Gasteiger partial charge in [-0.05, 0) is 18.1 Å². The topological polar surface area (TPSA) is 20.2 Å². The molecule has 0 unspecified atom stereocenters. The predicted molar refractivity (Wildman–Crippen MR) is 49.9 cm³/mol. The molecule has 0 spiro atoms. The zero-order valence-corrected chi connectivity index (χ0v) is 8.01. The highest BCUT2D eigenvalue weighted by Gasteiger charge is 2.06. The summed E-state index contributed by atoms with van der Waals surface area (Å²) in [6, 6.07) is 7.86. The lowest BCUT2D eigenvalue weighted by atomic mass is 10.1. The minimum absolute atomic E-state index is 0.379. The first-order valence-electron chi connectivity index (χ1n) is 3.55. The van der Waals surface area contributed by atoms with E-state index in [-0.39, 0.29) is 6.10 Å². The van der Waals surface area contributed by atoms with Crippen molar-refractivity contribution in [2.75, 3.05) is 5.33 Å². The van der Waals surface area contributed by atoms with Crippen LogP contribution >= 0.6 is 15.9 Å². The number of aliphatic hydroxyl groups excluding tert-OH is 1. The molecule has 0 saturated carbocycles. The molecule has 0 radical (unpaired) electrons. The van der Waals surface area contributed by atoms with Crippen LogP contribution in [0.2, 0.25) is 0 Å². The first-order chi connectivity index (χ1) is 5.25. The van der Waals surface area contributed by atoms with Crippen LogP contribution in [0.15, 0.2) is 24.3 Å². The second-order valence-electron chi connectivity index (χ2n) is 2.53. The van der Waals surface area contributed by atoms with Crippen LogP contribution in [0.25, 0.3) is 0 Å². The van der Waals surface area contributed by atoms with Gasteiger partial charge in [0.1, 0.15) is 0 Å². The fourth-order valence-electron chi connectivity index (χ4n) is 1.04. The fraction of sp³-hybridized carbons (Fsp3) is 0.333. The van der Waals surface area contributed by atoms with Gasteiger partial charge in [-0.3, -0.25) is 0 Å². The summed E-state index contributed by atoms with van der Waals surface area (Å²) in [5.41, 5.74) is 2.14. The molecule has 0 saturated heterocycles. The Morgan fingerprint density at radius 2 is 2.09 bits per heavy atom. The van der Waals surface area contributed by atoms with Gasteiger partial charge in [-0.2, -0.15) is 0 Å². The normalized spacial score (nSPS) is 13.0. The Kier molecular flexibility index (Phi) is 3.09. The molecule has 1 aromatic rings. The number of aliphatic hydroxyl groups is 1. The molecule has 0 aliphatic heterocycles. The Bertz CT molecular complexity index is 235. The molecule has 0 bridgehead atoms. The Balaban J connectivity index is 2.93. The van der Waals surface area contributed by atoms with Gasteiger partial charge in [-0.15, -0.1) is 0 Å². The summed E-state index contributed by atoms with van der Waals surface area (Å²) in [6.45, 7) is 2.00. The molecule has 0 aromatic heterocycles. The van der Waals surface area contributed by atoms with Crippen LogP contribution in [0, 0.1) is 6.92 Å². The molecule has 60 valence electrons. The average Bonchev–Trinajstić information content (AvgIpc) is 2.04. The summed E-state index contributed by atoms with van der Waals surface area (Å²) < 4.78 is 0. The van der Waals surface area contributed by atoms with E-state index in [0.29, 0.717) is 5.33 Å². The average molecular weight is 215 g/mol. The highest BCUT2D eigenvalue weighted by Crippen LogP contribution is 2.18. The first-order valence-corrected chi connectivity index (χ1v) is 4.67. The van der Waals surface area contributed by atoms with Crippen LogP contribution < -0.4 is 0 Å². The zero-order valence-electron chi connectivity index (χ0n) is 6.42. The summed E-state index contributed by atoms with van der Waals surface area (Å²) in [7, 11) is 0. The molecule has 0 heterocycles. The van der Waals surface area contributed by atoms with Gasteiger partial charge in [0.2, 0.25) is 0 Å². The maximum Gasteiger partial charge on any atom is 0.0889 e. The van der Waals surface area contributed by atoms with E-state index in [9.17, 15) is 5.11 Å². The molecule has 11 heavy (non-hydrogen) atoms. The van der Waals surface area contributed by atoms with Gasteiger partial charge in [-0.1, -0.05) is 40.2 Å². The molecule has 1 rings (SSSR count). The largest absolute Gasteiger partial charge is 0.388 e. The van der Waals surface area contributed by atoms with E-state index in [1.807, 2.05) is 31.2 Å². The van der Waals surface area contributed by atoms with Crippen molar-refractivity contribution in [1.82, 2.24) is 0 Å². The second kappa shape index (κ2) is 3.88. The van der Waals surface area contributed by atoms with Crippen LogP contribution in [0.4, 0.5) is 0 Å². The maximum atomic E-state index is 9.46. The third-order valence-corrected chi connectivity index (χ3v) is 2.31. The van der Waals surface area contributed by atoms with Crippen molar-refractivity contribution in [3.8, 4) is 0 Å². The SMILES string of the molecule is Cc1ccccc1[C@@H](O)CBr. The van der Waals surface area contributed by atoms with Crippen LogP contribution in [0.3, 0.4) is 0 Å². The Morgan fingerprint density at radius 1 is 1.45 bits per heavy atom. The molecule has 1 atom stereocenters. The molecule has 2 heteroatoms. The number of aryl methyl sites for hydroxylation is 1. The van der Waals surface area contributed by atoms with Crippen molar-refractivity contribution in [1.29, 1.82) is 0 Å². The molecule has 1 aromatic carbocycles. The molecule has 0 fully saturated rings. The Hall–Kier alpha value is -0.340. The van der Waals surface area contributed by atoms with E-state index in [1.165, 1.54) is 0 Å². The summed E-state index contributed by atoms with van der Waals surface area (Å²) in [4.78, 5) is 0. The lowest BCUT2D eigenvalue weighted by molar-refractivity contribution is 0.204. The van der Waals surface area contributed by atoms with Crippen molar-refractivity contribution >= 4 is 15.9 Å². The first kappa shape index (κ1) is 8.75. The van der Waals surface area contributed by atoms with Gasteiger partial charge in [0.05, 0.1) is 6.10 Å². The van der Waals surface area contributed by atoms with Crippen molar-refractivity contribution in [2.45, 2.75) is 13.0 Å². The third kappa shape index (κ3) is 2.04. The minimum Gasteiger partial charge on any atom is -0.388 e. The lowest BCUT2D eigenvalue weighted by Crippen LogP contribution is -1.99. The van der Waals surface area contributed by atoms with E-state index >= 15 is 0 Å². The van der Waals surface area contributed by atoms with Crippen LogP contribution in [-0.2, 0) is 0 Å². The maximum absolute atomic E-state index is 9.46. The van der Waals surface area contributed by atoms with Gasteiger partial charge in [0.15, 0.2) is 0 Å². The summed E-state index contributed by atoms with van der Waals surface area (Å²) in [6.07, 6.45) is -0.379. The van der Waals surface area contributed by atoms with Crippen LogP contribution in [0.1, 0.15) is 17.2 Å². The van der Waals surface area contributed by atoms with Gasteiger partial charge >= 0.3 is 0 Å². The number of alkyl halides is 1. The Morgan fingerprint density at radius 3 is 2.64 bits per heavy atom. The Labute approximate surface area is 75.2 Å². The highest BCUT2D eigenvalue weighted by atomic mass is 79.9. The summed E-state index contributed by atoms with van der Waals surface area (Å²) >= 11 is 3.24. The van der Waals surface area contributed by atoms with Gasteiger partial charge in [0.25, 0.3) is 0 Å². The van der Waals surface area contributed by atoms with Gasteiger partial charge in [-0.25, -0.2) is 0 Å². The number of hydrogen-bond acceptors (Lipinski definition) is 1. The molecule has 0 aliphatic rings. The lowest BCUT2D eigenvalue weighted by Gasteiger charge is -2.09. The molecular formula is C9H11BrO. The minimum atomic E-state index is -0.379. The van der Waals surface area contributed by atoms with Crippen LogP contribution in [0.5, 0.6) is 0 Å². The molecule has 1 N–H and O–H groups in total. The van der Waals surface area contributed by atoms with Crippen molar-refractivity contribution in [3.05, 3.63) is 35.4 Å². The number of halogens is 1. The fourth-order valence-corrected chi connectivity index (χ4v) is 1.39. The van der Waals surface area contributed by atoms with E-state index in [1.54, 1.807) is 0 Å². The van der Waals surface area contributed by atoms with Crippen molar-refractivity contribution in [3.63, 3.8) is 0 Å². The number of rotatable bonds is 2. The number of hydrogen-bond donors (Lipinski definition) is 1. The van der Waals surface area contributed by atoms with E-state index in [0.717, 1.165) is 11.1 Å². The predicted octanol–water partition coefficient (Wildman–Crippen LogP) is 2.42. The van der Waals surface area contributed by atoms with Crippen molar-refractivity contribution < 1.29 is 5.11 Å². The molecular weight excluding hydrogens is 204 g/mol. The highest BCUT2D eigenvalue weighted by molar-refractivity contribution is 9.09. The van der Waals surface area contributed by atoms with E-state index in [2.05, 4.69) is 15.9 Å². The molecule has 0 aliphatic carbocycles. The molecule has 0 amide bonds. The number of benzene rings is 1. The third-order valence-electron chi connectivity index (χ3n) is 1.69.